The smallest absolute Gasteiger partial charge is 0.225 e. The fourth-order valence-corrected chi connectivity index (χ4v) is 1.08. The lowest BCUT2D eigenvalue weighted by molar-refractivity contribution is 0.574. The summed E-state index contributed by atoms with van der Waals surface area (Å²) in [5, 5.41) is 0. The number of aromatic nitrogens is 1. The summed E-state index contributed by atoms with van der Waals surface area (Å²) in [6.45, 7) is 0. The number of terminal acetylenes is 1. The molecule has 0 amide bonds. The highest BCUT2D eigenvalue weighted by Crippen LogP contribution is 2.16. The van der Waals surface area contributed by atoms with Crippen LogP contribution in [0.2, 0.25) is 0 Å². The van der Waals surface area contributed by atoms with Gasteiger partial charge >= 0.3 is 0 Å². The van der Waals surface area contributed by atoms with Gasteiger partial charge in [0.05, 0.1) is 6.20 Å². The molecular weight excluding hydrogens is 162 g/mol. The van der Waals surface area contributed by atoms with Crippen molar-refractivity contribution < 1.29 is 4.42 Å². The zero-order valence-corrected chi connectivity index (χ0v) is 6.90. The van der Waals surface area contributed by atoms with Crippen molar-refractivity contribution in [1.29, 1.82) is 0 Å². The van der Waals surface area contributed by atoms with Crippen molar-refractivity contribution in [3.05, 3.63) is 42.3 Å². The maximum Gasteiger partial charge on any atom is 0.225 e. The van der Waals surface area contributed by atoms with Crippen molar-refractivity contribution in [2.24, 2.45) is 0 Å². The van der Waals surface area contributed by atoms with Gasteiger partial charge in [-0.05, 0) is 24.3 Å². The summed E-state index contributed by atoms with van der Waals surface area (Å²) in [4.78, 5) is 4.02. The van der Waals surface area contributed by atoms with Crippen LogP contribution < -0.4 is 0 Å². The second-order valence-corrected chi connectivity index (χ2v) is 2.56. The van der Waals surface area contributed by atoms with E-state index in [0.29, 0.717) is 5.89 Å². The highest BCUT2D eigenvalue weighted by molar-refractivity contribution is 5.54. The van der Waals surface area contributed by atoms with Crippen LogP contribution in [0.1, 0.15) is 5.56 Å². The van der Waals surface area contributed by atoms with Gasteiger partial charge in [-0.25, -0.2) is 4.98 Å². The molecule has 1 aromatic carbocycles. The van der Waals surface area contributed by atoms with Crippen LogP contribution in [0.3, 0.4) is 0 Å². The summed E-state index contributed by atoms with van der Waals surface area (Å²) in [5.74, 6) is 3.16. The number of nitrogens with zero attached hydrogens (tertiary/aromatic N) is 1. The topological polar surface area (TPSA) is 26.0 Å². The van der Waals surface area contributed by atoms with Gasteiger partial charge in [-0.15, -0.1) is 6.42 Å². The minimum atomic E-state index is 0.614. The average molecular weight is 169 g/mol. The Morgan fingerprint density at radius 3 is 2.54 bits per heavy atom. The molecule has 1 aromatic heterocycles. The van der Waals surface area contributed by atoms with Crippen molar-refractivity contribution in [2.45, 2.75) is 0 Å². The Labute approximate surface area is 76.2 Å². The van der Waals surface area contributed by atoms with Crippen molar-refractivity contribution in [3.63, 3.8) is 0 Å². The fourth-order valence-electron chi connectivity index (χ4n) is 1.08. The quantitative estimate of drug-likeness (QED) is 0.612. The number of rotatable bonds is 1. The Bertz CT molecular complexity index is 420. The van der Waals surface area contributed by atoms with E-state index < -0.39 is 0 Å². The molecule has 0 saturated heterocycles. The molecule has 2 aromatic rings. The molecule has 1 heterocycles. The molecule has 2 rings (SSSR count). The summed E-state index contributed by atoms with van der Waals surface area (Å²) in [7, 11) is 0. The molecule has 0 aliphatic rings. The van der Waals surface area contributed by atoms with Crippen molar-refractivity contribution in [1.82, 2.24) is 4.98 Å². The zero-order chi connectivity index (χ0) is 9.10. The predicted octanol–water partition coefficient (Wildman–Crippen LogP) is 2.32. The minimum Gasteiger partial charge on any atom is -0.445 e. The first-order valence-electron chi connectivity index (χ1n) is 3.87. The van der Waals surface area contributed by atoms with E-state index in [2.05, 4.69) is 10.9 Å². The lowest BCUT2D eigenvalue weighted by Crippen LogP contribution is -1.77. The first-order valence-corrected chi connectivity index (χ1v) is 3.87. The van der Waals surface area contributed by atoms with Crippen LogP contribution in [-0.4, -0.2) is 4.98 Å². The standard InChI is InChI=1S/C11H7NO/c1-2-9-3-5-10(6-4-9)11-12-7-8-13-11/h1,3-8H. The minimum absolute atomic E-state index is 0.614. The molecule has 0 fully saturated rings. The summed E-state index contributed by atoms with van der Waals surface area (Å²) in [6.07, 6.45) is 8.39. The molecule has 0 saturated carbocycles. The molecule has 13 heavy (non-hydrogen) atoms. The lowest BCUT2D eigenvalue weighted by Gasteiger charge is -1.94. The number of benzene rings is 1. The number of oxazole rings is 1. The summed E-state index contributed by atoms with van der Waals surface area (Å²) >= 11 is 0. The molecule has 2 heteroatoms. The summed E-state index contributed by atoms with van der Waals surface area (Å²) in [6, 6.07) is 7.50. The van der Waals surface area contributed by atoms with E-state index in [-0.39, 0.29) is 0 Å². The molecule has 0 bridgehead atoms. The summed E-state index contributed by atoms with van der Waals surface area (Å²) < 4.78 is 5.13. The molecule has 0 aliphatic carbocycles. The molecule has 62 valence electrons. The van der Waals surface area contributed by atoms with Gasteiger partial charge in [-0.2, -0.15) is 0 Å². The van der Waals surface area contributed by atoms with E-state index in [1.54, 1.807) is 12.5 Å². The van der Waals surface area contributed by atoms with Gasteiger partial charge in [0.2, 0.25) is 5.89 Å². The van der Waals surface area contributed by atoms with Gasteiger partial charge < -0.3 is 4.42 Å². The highest BCUT2D eigenvalue weighted by Gasteiger charge is 2.00. The Kier molecular flexibility index (Phi) is 1.85. The van der Waals surface area contributed by atoms with Gasteiger partial charge in [0.15, 0.2) is 0 Å². The highest BCUT2D eigenvalue weighted by atomic mass is 16.3. The summed E-state index contributed by atoms with van der Waals surface area (Å²) in [5.41, 5.74) is 1.79. The van der Waals surface area contributed by atoms with Crippen LogP contribution in [0.4, 0.5) is 0 Å². The van der Waals surface area contributed by atoms with Gasteiger partial charge in [0.1, 0.15) is 6.26 Å². The van der Waals surface area contributed by atoms with E-state index in [0.717, 1.165) is 11.1 Å². The van der Waals surface area contributed by atoms with Gasteiger partial charge in [-0.3, -0.25) is 0 Å². The van der Waals surface area contributed by atoms with Crippen LogP contribution >= 0.6 is 0 Å². The van der Waals surface area contributed by atoms with E-state index in [9.17, 15) is 0 Å². The van der Waals surface area contributed by atoms with E-state index in [1.165, 1.54) is 0 Å². The molecular formula is C11H7NO. The van der Waals surface area contributed by atoms with Gasteiger partial charge in [0.25, 0.3) is 0 Å². The average Bonchev–Trinajstić information content (AvgIpc) is 2.71. The number of hydrogen-bond acceptors (Lipinski definition) is 2. The van der Waals surface area contributed by atoms with Crippen molar-refractivity contribution in [2.75, 3.05) is 0 Å². The molecule has 0 aliphatic heterocycles. The predicted molar refractivity (Wildman–Crippen MR) is 49.9 cm³/mol. The largest absolute Gasteiger partial charge is 0.445 e. The zero-order valence-electron chi connectivity index (χ0n) is 6.90. The molecule has 0 radical (unpaired) electrons. The lowest BCUT2D eigenvalue weighted by atomic mass is 10.1. The normalized spacial score (nSPS) is 9.46. The van der Waals surface area contributed by atoms with E-state index in [1.807, 2.05) is 24.3 Å². The Morgan fingerprint density at radius 2 is 2.00 bits per heavy atom. The number of hydrogen-bond donors (Lipinski definition) is 0. The van der Waals surface area contributed by atoms with Crippen molar-refractivity contribution in [3.8, 4) is 23.8 Å². The third-order valence-corrected chi connectivity index (χ3v) is 1.73. The Balaban J connectivity index is 2.40. The second kappa shape index (κ2) is 3.16. The molecule has 0 unspecified atom stereocenters. The molecule has 0 atom stereocenters. The maximum atomic E-state index is 5.23. The maximum absolute atomic E-state index is 5.23. The first kappa shape index (κ1) is 7.63. The van der Waals surface area contributed by atoms with Crippen molar-refractivity contribution >= 4 is 0 Å². The third kappa shape index (κ3) is 1.45. The monoisotopic (exact) mass is 169 g/mol. The van der Waals surface area contributed by atoms with Gasteiger partial charge in [0, 0.05) is 11.1 Å². The van der Waals surface area contributed by atoms with E-state index in [4.69, 9.17) is 10.8 Å². The Hall–Kier alpha value is -2.01. The van der Waals surface area contributed by atoms with Crippen LogP contribution in [0, 0.1) is 12.3 Å². The second-order valence-electron chi connectivity index (χ2n) is 2.56. The first-order chi connectivity index (χ1) is 6.40. The SMILES string of the molecule is C#Cc1ccc(-c2ncco2)cc1. The van der Waals surface area contributed by atoms with Crippen LogP contribution in [0.25, 0.3) is 11.5 Å². The third-order valence-electron chi connectivity index (χ3n) is 1.73. The fraction of sp³-hybridized carbons (Fsp3) is 0. The molecule has 0 spiro atoms. The molecule has 0 N–H and O–H groups in total. The molecule has 2 nitrogen and oxygen atoms in total. The Morgan fingerprint density at radius 1 is 1.23 bits per heavy atom. The van der Waals surface area contributed by atoms with Crippen LogP contribution in [0.15, 0.2) is 41.1 Å². The van der Waals surface area contributed by atoms with Crippen LogP contribution in [-0.2, 0) is 0 Å². The van der Waals surface area contributed by atoms with Crippen LogP contribution in [0.5, 0.6) is 0 Å². The van der Waals surface area contributed by atoms with E-state index >= 15 is 0 Å². The van der Waals surface area contributed by atoms with Gasteiger partial charge in [-0.1, -0.05) is 5.92 Å².